The smallest absolute Gasteiger partial charge is 0.235 e. The van der Waals surface area contributed by atoms with E-state index in [1.165, 1.54) is 0 Å². The largest absolute Gasteiger partial charge is 0.355 e. The van der Waals surface area contributed by atoms with E-state index in [-0.39, 0.29) is 5.91 Å². The van der Waals surface area contributed by atoms with Gasteiger partial charge in [-0.05, 0) is 35.1 Å². The number of amides is 1. The van der Waals surface area contributed by atoms with Crippen LogP contribution >= 0.6 is 11.6 Å². The van der Waals surface area contributed by atoms with Gasteiger partial charge in [-0.1, -0.05) is 67.6 Å². The summed E-state index contributed by atoms with van der Waals surface area (Å²) in [4.78, 5) is 13.3. The molecule has 24 heavy (non-hydrogen) atoms. The number of hydrogen-bond acceptors (Lipinski definition) is 1. The molecule has 3 rings (SSSR count). The number of carbonyl (C=O) groups is 1. The third-order valence-electron chi connectivity index (χ3n) is 4.67. The van der Waals surface area contributed by atoms with Crippen molar-refractivity contribution in [1.29, 1.82) is 0 Å². The lowest BCUT2D eigenvalue weighted by atomic mass is 9.74. The normalized spacial score (nSPS) is 14.4. The number of hydrogen-bond donors (Lipinski definition) is 1. The van der Waals surface area contributed by atoms with Crippen molar-refractivity contribution < 1.29 is 4.79 Å². The number of carbonyl (C=O) groups excluding carboxylic acids is 1. The molecule has 0 fully saturated rings. The highest BCUT2D eigenvalue weighted by atomic mass is 35.5. The van der Waals surface area contributed by atoms with E-state index in [1.54, 1.807) is 0 Å². The van der Waals surface area contributed by atoms with E-state index >= 15 is 0 Å². The zero-order valence-corrected chi connectivity index (χ0v) is 14.6. The van der Waals surface area contributed by atoms with Crippen molar-refractivity contribution in [3.05, 3.63) is 71.8 Å². The summed E-state index contributed by atoms with van der Waals surface area (Å²) in [6.07, 6.45) is 5.48. The molecule has 1 N–H and O–H groups in total. The molecule has 2 nitrogen and oxygen atoms in total. The molecule has 0 radical (unpaired) electrons. The van der Waals surface area contributed by atoms with Crippen molar-refractivity contribution in [1.82, 2.24) is 5.32 Å². The maximum absolute atomic E-state index is 13.3. The first-order valence-electron chi connectivity index (χ1n) is 8.44. The lowest BCUT2D eigenvalue weighted by molar-refractivity contribution is -0.125. The van der Waals surface area contributed by atoms with E-state index in [0.717, 1.165) is 28.7 Å². The van der Waals surface area contributed by atoms with E-state index in [1.807, 2.05) is 36.4 Å². The van der Waals surface area contributed by atoms with Crippen LogP contribution in [-0.4, -0.2) is 18.3 Å². The molecule has 0 saturated carbocycles. The SMILES string of the molecule is CCCNC(=O)C1(C/C=C\CCl)c2ccccc2-c2ccccc21. The van der Waals surface area contributed by atoms with Crippen LogP contribution in [0.3, 0.4) is 0 Å². The van der Waals surface area contributed by atoms with Crippen LogP contribution in [0.15, 0.2) is 60.7 Å². The fourth-order valence-corrected chi connectivity index (χ4v) is 3.72. The number of rotatable bonds is 6. The van der Waals surface area contributed by atoms with Gasteiger partial charge in [0.05, 0.1) is 0 Å². The Labute approximate surface area is 148 Å². The molecule has 0 spiro atoms. The number of fused-ring (bicyclic) bond motifs is 3. The van der Waals surface area contributed by atoms with Gasteiger partial charge < -0.3 is 5.32 Å². The molecule has 2 aromatic rings. The summed E-state index contributed by atoms with van der Waals surface area (Å²) < 4.78 is 0. The molecule has 3 heteroatoms. The average Bonchev–Trinajstić information content (AvgIpc) is 2.92. The van der Waals surface area contributed by atoms with Gasteiger partial charge >= 0.3 is 0 Å². The van der Waals surface area contributed by atoms with E-state index in [2.05, 4.69) is 36.5 Å². The van der Waals surface area contributed by atoms with Crippen LogP contribution < -0.4 is 5.32 Å². The predicted octanol–water partition coefficient (Wildman–Crippen LogP) is 4.66. The zero-order valence-electron chi connectivity index (χ0n) is 13.9. The van der Waals surface area contributed by atoms with Crippen LogP contribution in [0, 0.1) is 0 Å². The summed E-state index contributed by atoms with van der Waals surface area (Å²) in [6.45, 7) is 2.75. The van der Waals surface area contributed by atoms with Gasteiger partial charge in [-0.3, -0.25) is 4.79 Å². The Morgan fingerprint density at radius 1 is 1.04 bits per heavy atom. The van der Waals surface area contributed by atoms with Crippen LogP contribution in [0.25, 0.3) is 11.1 Å². The predicted molar refractivity (Wildman–Crippen MR) is 100 cm³/mol. The van der Waals surface area contributed by atoms with E-state index in [0.29, 0.717) is 18.8 Å². The zero-order chi connectivity index (χ0) is 17.0. The van der Waals surface area contributed by atoms with Crippen molar-refractivity contribution >= 4 is 17.5 Å². The van der Waals surface area contributed by atoms with E-state index < -0.39 is 5.41 Å². The van der Waals surface area contributed by atoms with Gasteiger partial charge in [-0.2, -0.15) is 0 Å². The standard InChI is InChI=1S/C21H22ClNO/c1-2-15-23-20(24)21(13-7-8-14-22)18-11-5-3-9-16(18)17-10-4-6-12-19(17)21/h3-12H,2,13-15H2,1H3,(H,23,24)/b8-7-. The second-order valence-corrected chi connectivity index (χ2v) is 6.39. The quantitative estimate of drug-likeness (QED) is 0.601. The molecule has 1 aliphatic rings. The van der Waals surface area contributed by atoms with E-state index in [9.17, 15) is 4.79 Å². The van der Waals surface area contributed by atoms with Crippen molar-refractivity contribution in [3.8, 4) is 11.1 Å². The third-order valence-corrected chi connectivity index (χ3v) is 4.85. The van der Waals surface area contributed by atoms with Gasteiger partial charge in [-0.25, -0.2) is 0 Å². The summed E-state index contributed by atoms with van der Waals surface area (Å²) in [5.74, 6) is 0.525. The highest BCUT2D eigenvalue weighted by Gasteiger charge is 2.47. The molecule has 0 aromatic heterocycles. The van der Waals surface area contributed by atoms with Gasteiger partial charge in [0.2, 0.25) is 5.91 Å². The summed E-state index contributed by atoms with van der Waals surface area (Å²) in [7, 11) is 0. The molecule has 0 unspecified atom stereocenters. The Balaban J connectivity index is 2.19. The average molecular weight is 340 g/mol. The maximum atomic E-state index is 13.3. The molecular formula is C21H22ClNO. The van der Waals surface area contributed by atoms with Gasteiger partial charge in [0.15, 0.2) is 0 Å². The van der Waals surface area contributed by atoms with Crippen LogP contribution in [0.2, 0.25) is 0 Å². The van der Waals surface area contributed by atoms with Gasteiger partial charge in [-0.15, -0.1) is 11.6 Å². The maximum Gasteiger partial charge on any atom is 0.235 e. The first-order chi connectivity index (χ1) is 11.8. The lowest BCUT2D eigenvalue weighted by Crippen LogP contribution is -2.44. The molecule has 0 aliphatic heterocycles. The molecule has 1 aliphatic carbocycles. The second-order valence-electron chi connectivity index (χ2n) is 6.08. The Morgan fingerprint density at radius 2 is 1.62 bits per heavy atom. The van der Waals surface area contributed by atoms with Crippen molar-refractivity contribution in [2.45, 2.75) is 25.2 Å². The Bertz CT molecular complexity index is 720. The van der Waals surface area contributed by atoms with Crippen molar-refractivity contribution in [2.75, 3.05) is 12.4 Å². The minimum atomic E-state index is -0.676. The van der Waals surface area contributed by atoms with Crippen molar-refractivity contribution in [3.63, 3.8) is 0 Å². The fourth-order valence-electron chi connectivity index (χ4n) is 3.60. The number of allylic oxidation sites excluding steroid dienone is 2. The third kappa shape index (κ3) is 2.65. The summed E-state index contributed by atoms with van der Waals surface area (Å²) in [5, 5.41) is 3.12. The Kier molecular flexibility index (Phi) is 5.06. The van der Waals surface area contributed by atoms with Crippen LogP contribution in [-0.2, 0) is 10.2 Å². The lowest BCUT2D eigenvalue weighted by Gasteiger charge is -2.29. The summed E-state index contributed by atoms with van der Waals surface area (Å²) in [5.41, 5.74) is 3.79. The van der Waals surface area contributed by atoms with Crippen LogP contribution in [0.5, 0.6) is 0 Å². The highest BCUT2D eigenvalue weighted by Crippen LogP contribution is 2.51. The highest BCUT2D eigenvalue weighted by molar-refractivity contribution is 6.18. The number of alkyl halides is 1. The first kappa shape index (κ1) is 16.8. The molecule has 0 atom stereocenters. The topological polar surface area (TPSA) is 29.1 Å². The number of halogens is 1. The molecule has 0 heterocycles. The molecule has 124 valence electrons. The van der Waals surface area contributed by atoms with Gasteiger partial charge in [0.25, 0.3) is 0 Å². The number of benzene rings is 2. The van der Waals surface area contributed by atoms with Crippen LogP contribution in [0.1, 0.15) is 30.9 Å². The van der Waals surface area contributed by atoms with Crippen LogP contribution in [0.4, 0.5) is 0 Å². The molecule has 0 bridgehead atoms. The monoisotopic (exact) mass is 339 g/mol. The molecule has 0 saturated heterocycles. The molecule has 2 aromatic carbocycles. The summed E-state index contributed by atoms with van der Waals surface area (Å²) in [6, 6.07) is 16.5. The summed E-state index contributed by atoms with van der Waals surface area (Å²) >= 11 is 5.81. The Hall–Kier alpha value is -2.06. The fraction of sp³-hybridized carbons (Fsp3) is 0.286. The minimum absolute atomic E-state index is 0.0703. The molecule has 1 amide bonds. The Morgan fingerprint density at radius 3 is 2.17 bits per heavy atom. The van der Waals surface area contributed by atoms with E-state index in [4.69, 9.17) is 11.6 Å². The first-order valence-corrected chi connectivity index (χ1v) is 8.97. The number of nitrogens with one attached hydrogen (secondary N) is 1. The van der Waals surface area contributed by atoms with Gasteiger partial charge in [0.1, 0.15) is 5.41 Å². The minimum Gasteiger partial charge on any atom is -0.355 e. The van der Waals surface area contributed by atoms with Gasteiger partial charge in [0, 0.05) is 12.4 Å². The van der Waals surface area contributed by atoms with Crippen molar-refractivity contribution in [2.24, 2.45) is 0 Å². The second kappa shape index (κ2) is 7.23. The molecular weight excluding hydrogens is 318 g/mol.